The van der Waals surface area contributed by atoms with Crippen molar-refractivity contribution in [2.24, 2.45) is 22.7 Å². The smallest absolute Gasteiger partial charge is 0.114 e. The van der Waals surface area contributed by atoms with Crippen LogP contribution in [0, 0.1) is 22.7 Å². The van der Waals surface area contributed by atoms with E-state index in [-0.39, 0.29) is 17.1 Å². The van der Waals surface area contributed by atoms with E-state index in [1.807, 2.05) is 13.4 Å². The molecule has 2 saturated carbocycles. The Morgan fingerprint density at radius 2 is 2.08 bits per heavy atom. The van der Waals surface area contributed by atoms with E-state index in [2.05, 4.69) is 33.8 Å². The first kappa shape index (κ1) is 16.7. The predicted molar refractivity (Wildman–Crippen MR) is 93.8 cm³/mol. The van der Waals surface area contributed by atoms with Crippen LogP contribution in [-0.2, 0) is 15.9 Å². The number of rotatable bonds is 4. The van der Waals surface area contributed by atoms with Crippen LogP contribution in [-0.4, -0.2) is 24.9 Å². The molecule has 1 saturated heterocycles. The monoisotopic (exact) mass is 332 g/mol. The van der Waals surface area contributed by atoms with Crippen LogP contribution in [0.5, 0.6) is 0 Å². The lowest BCUT2D eigenvalue weighted by molar-refractivity contribution is -0.124. The number of ether oxygens (including phenoxy) is 2. The van der Waals surface area contributed by atoms with Gasteiger partial charge in [-0.1, -0.05) is 20.8 Å². The Kier molecular flexibility index (Phi) is 3.71. The molecule has 0 aromatic carbocycles. The Labute approximate surface area is 146 Å². The number of furan rings is 1. The van der Waals surface area contributed by atoms with E-state index < -0.39 is 0 Å². The Hall–Kier alpha value is -0.800. The maximum atomic E-state index is 6.28. The van der Waals surface area contributed by atoms with Gasteiger partial charge in [0.05, 0.1) is 18.6 Å². The molecule has 0 bridgehead atoms. The van der Waals surface area contributed by atoms with Crippen LogP contribution in [0.2, 0.25) is 0 Å². The lowest BCUT2D eigenvalue weighted by Crippen LogP contribution is -2.59. The zero-order valence-corrected chi connectivity index (χ0v) is 15.8. The molecule has 0 N–H and O–H groups in total. The highest BCUT2D eigenvalue weighted by atomic mass is 16.6. The molecule has 2 heterocycles. The second-order valence-corrected chi connectivity index (χ2v) is 9.20. The molecule has 1 aromatic rings. The molecular weight excluding hydrogens is 300 g/mol. The van der Waals surface area contributed by atoms with Gasteiger partial charge in [0, 0.05) is 12.5 Å². The molecule has 4 rings (SSSR count). The average molecular weight is 332 g/mol. The van der Waals surface area contributed by atoms with Crippen molar-refractivity contribution < 1.29 is 13.9 Å². The molecule has 24 heavy (non-hydrogen) atoms. The van der Waals surface area contributed by atoms with E-state index in [9.17, 15) is 0 Å². The van der Waals surface area contributed by atoms with Gasteiger partial charge in [-0.3, -0.25) is 0 Å². The number of methoxy groups -OCH3 is 1. The zero-order valence-electron chi connectivity index (χ0n) is 15.8. The number of hydrogen-bond acceptors (Lipinski definition) is 3. The highest BCUT2D eigenvalue weighted by molar-refractivity contribution is 5.22. The minimum absolute atomic E-state index is 0.00757. The fraction of sp³-hybridized carbons (Fsp3) is 0.810. The maximum absolute atomic E-state index is 6.28. The normalized spacial score (nSPS) is 50.2. The third-order valence-electron chi connectivity index (χ3n) is 8.42. The molecule has 3 nitrogen and oxygen atoms in total. The maximum Gasteiger partial charge on any atom is 0.114 e. The van der Waals surface area contributed by atoms with Crippen molar-refractivity contribution in [1.82, 2.24) is 0 Å². The van der Waals surface area contributed by atoms with Gasteiger partial charge in [-0.2, -0.15) is 0 Å². The van der Waals surface area contributed by atoms with Crippen molar-refractivity contribution >= 4 is 0 Å². The van der Waals surface area contributed by atoms with Gasteiger partial charge in [0.1, 0.15) is 11.7 Å². The molecular formula is C21H32O3. The number of epoxide rings is 1. The molecule has 3 fully saturated rings. The van der Waals surface area contributed by atoms with Crippen LogP contribution in [0.1, 0.15) is 58.9 Å². The average Bonchev–Trinajstić information content (AvgIpc) is 3.03. The van der Waals surface area contributed by atoms with Crippen LogP contribution >= 0.6 is 0 Å². The summed E-state index contributed by atoms with van der Waals surface area (Å²) in [6.07, 6.45) is 10.3. The molecule has 1 aromatic heterocycles. The summed E-state index contributed by atoms with van der Waals surface area (Å²) in [6, 6.07) is 2.11. The summed E-state index contributed by atoms with van der Waals surface area (Å²) in [5.74, 6) is 1.38. The first-order valence-electron chi connectivity index (χ1n) is 9.57. The molecule has 134 valence electrons. The summed E-state index contributed by atoms with van der Waals surface area (Å²) < 4.78 is 17.4. The van der Waals surface area contributed by atoms with Crippen LogP contribution in [0.25, 0.3) is 0 Å². The summed E-state index contributed by atoms with van der Waals surface area (Å²) in [7, 11) is 1.85. The molecule has 3 heteroatoms. The Morgan fingerprint density at radius 1 is 1.29 bits per heavy atom. The topological polar surface area (TPSA) is 34.9 Å². The fourth-order valence-electron chi connectivity index (χ4n) is 6.18. The summed E-state index contributed by atoms with van der Waals surface area (Å²) in [6.45, 7) is 9.81. The van der Waals surface area contributed by atoms with E-state index in [0.29, 0.717) is 17.4 Å². The lowest BCUT2D eigenvalue weighted by atomic mass is 9.44. The highest BCUT2D eigenvalue weighted by Gasteiger charge is 2.74. The van der Waals surface area contributed by atoms with E-state index in [1.165, 1.54) is 24.8 Å². The van der Waals surface area contributed by atoms with Gasteiger partial charge in [-0.05, 0) is 67.9 Å². The van der Waals surface area contributed by atoms with Crippen LogP contribution in [0.3, 0.4) is 0 Å². The third-order valence-corrected chi connectivity index (χ3v) is 8.42. The quantitative estimate of drug-likeness (QED) is 0.740. The third kappa shape index (κ3) is 2.10. The van der Waals surface area contributed by atoms with Gasteiger partial charge in [-0.15, -0.1) is 0 Å². The summed E-state index contributed by atoms with van der Waals surface area (Å²) in [5, 5.41) is 0. The summed E-state index contributed by atoms with van der Waals surface area (Å²) >= 11 is 0. The predicted octanol–water partition coefficient (Wildman–Crippen LogP) is 4.85. The first-order chi connectivity index (χ1) is 11.3. The minimum atomic E-state index is 0.00757. The van der Waals surface area contributed by atoms with E-state index in [4.69, 9.17) is 13.9 Å². The molecule has 1 aliphatic heterocycles. The van der Waals surface area contributed by atoms with Gasteiger partial charge in [-0.25, -0.2) is 0 Å². The first-order valence-corrected chi connectivity index (χ1v) is 9.57. The van der Waals surface area contributed by atoms with Crippen molar-refractivity contribution in [3.63, 3.8) is 0 Å². The van der Waals surface area contributed by atoms with Crippen molar-refractivity contribution in [1.29, 1.82) is 0 Å². The van der Waals surface area contributed by atoms with Gasteiger partial charge in [0.25, 0.3) is 0 Å². The number of fused-ring (bicyclic) bond motifs is 3. The molecule has 2 aliphatic carbocycles. The standard InChI is InChI=1S/C21H32O3/c1-14-6-10-20(3)17(12-16(22-5)18-21(20,4)24-18)19(14,2)9-7-15-8-11-23-13-15/h8,11,13-14,16-18H,6-7,9-10,12H2,1-5H3. The summed E-state index contributed by atoms with van der Waals surface area (Å²) in [5.41, 5.74) is 1.92. The molecule has 7 unspecified atom stereocenters. The molecule has 3 aliphatic rings. The van der Waals surface area contributed by atoms with Crippen molar-refractivity contribution in [2.45, 2.75) is 77.6 Å². The fourth-order valence-corrected chi connectivity index (χ4v) is 6.18. The SMILES string of the molecule is COC1CC2C(C)(CCc3ccoc3)C(C)CCC2(C)C2(C)OC12. The van der Waals surface area contributed by atoms with Gasteiger partial charge < -0.3 is 13.9 Å². The highest BCUT2D eigenvalue weighted by Crippen LogP contribution is 2.70. The Morgan fingerprint density at radius 3 is 2.75 bits per heavy atom. The van der Waals surface area contributed by atoms with Gasteiger partial charge in [0.2, 0.25) is 0 Å². The summed E-state index contributed by atoms with van der Waals surface area (Å²) in [4.78, 5) is 0. The Bertz CT molecular complexity index is 596. The van der Waals surface area contributed by atoms with E-state index in [1.54, 1.807) is 6.26 Å². The molecule has 0 spiro atoms. The lowest BCUT2D eigenvalue weighted by Gasteiger charge is -2.60. The second-order valence-electron chi connectivity index (χ2n) is 9.20. The largest absolute Gasteiger partial charge is 0.472 e. The minimum Gasteiger partial charge on any atom is -0.472 e. The van der Waals surface area contributed by atoms with Crippen LogP contribution in [0.15, 0.2) is 23.0 Å². The van der Waals surface area contributed by atoms with Crippen molar-refractivity contribution in [2.75, 3.05) is 7.11 Å². The number of hydrogen-bond donors (Lipinski definition) is 0. The second kappa shape index (κ2) is 5.35. The van der Waals surface area contributed by atoms with Crippen LogP contribution in [0.4, 0.5) is 0 Å². The van der Waals surface area contributed by atoms with Gasteiger partial charge >= 0.3 is 0 Å². The molecule has 0 radical (unpaired) electrons. The Balaban J connectivity index is 1.64. The van der Waals surface area contributed by atoms with E-state index >= 15 is 0 Å². The molecule has 7 atom stereocenters. The van der Waals surface area contributed by atoms with Crippen molar-refractivity contribution in [3.8, 4) is 0 Å². The zero-order chi connectivity index (χ0) is 17.2. The van der Waals surface area contributed by atoms with Crippen LogP contribution < -0.4 is 0 Å². The van der Waals surface area contributed by atoms with Crippen molar-refractivity contribution in [3.05, 3.63) is 24.2 Å². The van der Waals surface area contributed by atoms with Gasteiger partial charge in [0.15, 0.2) is 0 Å². The van der Waals surface area contributed by atoms with E-state index in [0.717, 1.165) is 18.8 Å². The molecule has 0 amide bonds. The number of aryl methyl sites for hydroxylation is 1.